The molecule has 0 amide bonds. The molecule has 5 heteroatoms. The van der Waals surface area contributed by atoms with E-state index in [0.29, 0.717) is 12.8 Å². The SMILES string of the molecule is CCCCCCCCCCCC(=O)c1c(O)c(C)c(O)c(C(=O)CCCCCCCCCCC)c1O. The molecule has 0 atom stereocenters. The van der Waals surface area contributed by atoms with Crippen molar-refractivity contribution in [3.05, 3.63) is 16.7 Å². The normalized spacial score (nSPS) is 11.2. The first-order valence-corrected chi connectivity index (χ1v) is 14.7. The molecule has 0 unspecified atom stereocenters. The van der Waals surface area contributed by atoms with E-state index >= 15 is 0 Å². The van der Waals surface area contributed by atoms with Crippen molar-refractivity contribution in [1.29, 1.82) is 0 Å². The van der Waals surface area contributed by atoms with E-state index in [-0.39, 0.29) is 41.1 Å². The molecule has 0 fully saturated rings. The third-order valence-electron chi connectivity index (χ3n) is 7.23. The number of hydrogen-bond acceptors (Lipinski definition) is 5. The maximum absolute atomic E-state index is 12.8. The van der Waals surface area contributed by atoms with Crippen LogP contribution in [-0.2, 0) is 0 Å². The van der Waals surface area contributed by atoms with Gasteiger partial charge in [0.1, 0.15) is 28.4 Å². The molecule has 0 spiro atoms. The molecule has 0 saturated heterocycles. The Morgan fingerprint density at radius 3 is 1.06 bits per heavy atom. The topological polar surface area (TPSA) is 94.8 Å². The van der Waals surface area contributed by atoms with Crippen molar-refractivity contribution in [2.24, 2.45) is 0 Å². The second-order valence-corrected chi connectivity index (χ2v) is 10.4. The molecule has 36 heavy (non-hydrogen) atoms. The minimum Gasteiger partial charge on any atom is -0.507 e. The van der Waals surface area contributed by atoms with E-state index in [9.17, 15) is 24.9 Å². The van der Waals surface area contributed by atoms with Gasteiger partial charge >= 0.3 is 0 Å². The van der Waals surface area contributed by atoms with Crippen molar-refractivity contribution in [1.82, 2.24) is 0 Å². The summed E-state index contributed by atoms with van der Waals surface area (Å²) >= 11 is 0. The average molecular weight is 505 g/mol. The Balaban J connectivity index is 2.57. The highest BCUT2D eigenvalue weighted by Crippen LogP contribution is 2.43. The minimum atomic E-state index is -0.572. The molecule has 0 bridgehead atoms. The summed E-state index contributed by atoms with van der Waals surface area (Å²) in [5, 5.41) is 31.7. The molecule has 0 radical (unpaired) electrons. The maximum atomic E-state index is 12.8. The molecule has 0 aromatic heterocycles. The fourth-order valence-corrected chi connectivity index (χ4v) is 4.81. The molecule has 0 aliphatic rings. The van der Waals surface area contributed by atoms with Crippen LogP contribution in [0.25, 0.3) is 0 Å². The van der Waals surface area contributed by atoms with Crippen LogP contribution in [0.15, 0.2) is 0 Å². The summed E-state index contributed by atoms with van der Waals surface area (Å²) in [5.41, 5.74) is -0.376. The predicted molar refractivity (Wildman–Crippen MR) is 149 cm³/mol. The van der Waals surface area contributed by atoms with Gasteiger partial charge in [0, 0.05) is 18.4 Å². The molecule has 0 saturated carbocycles. The smallest absolute Gasteiger partial charge is 0.170 e. The van der Waals surface area contributed by atoms with Crippen LogP contribution in [0.1, 0.15) is 169 Å². The first-order valence-electron chi connectivity index (χ1n) is 14.7. The number of phenolic OH excluding ortho intramolecular Hbond substituents is 3. The van der Waals surface area contributed by atoms with Gasteiger partial charge in [-0.2, -0.15) is 0 Å². The van der Waals surface area contributed by atoms with Crippen molar-refractivity contribution in [2.45, 2.75) is 149 Å². The summed E-state index contributed by atoms with van der Waals surface area (Å²) < 4.78 is 0. The highest BCUT2D eigenvalue weighted by atomic mass is 16.3. The van der Waals surface area contributed by atoms with E-state index in [1.807, 2.05) is 0 Å². The van der Waals surface area contributed by atoms with Gasteiger partial charge in [0.25, 0.3) is 0 Å². The zero-order chi connectivity index (χ0) is 26.8. The van der Waals surface area contributed by atoms with Crippen molar-refractivity contribution in [2.75, 3.05) is 0 Å². The van der Waals surface area contributed by atoms with Crippen LogP contribution in [0.5, 0.6) is 17.2 Å². The zero-order valence-electron chi connectivity index (χ0n) is 23.3. The van der Waals surface area contributed by atoms with Gasteiger partial charge in [0.15, 0.2) is 11.6 Å². The number of ketones is 2. The Labute approximate surface area is 219 Å². The Morgan fingerprint density at radius 2 is 0.750 bits per heavy atom. The van der Waals surface area contributed by atoms with E-state index in [2.05, 4.69) is 13.8 Å². The van der Waals surface area contributed by atoms with E-state index in [4.69, 9.17) is 0 Å². The third kappa shape index (κ3) is 11.3. The van der Waals surface area contributed by atoms with Crippen LogP contribution >= 0.6 is 0 Å². The minimum absolute atomic E-state index is 0.0682. The fourth-order valence-electron chi connectivity index (χ4n) is 4.81. The van der Waals surface area contributed by atoms with Crippen LogP contribution in [0.2, 0.25) is 0 Å². The van der Waals surface area contributed by atoms with Crippen LogP contribution in [0.3, 0.4) is 0 Å². The quantitative estimate of drug-likeness (QED) is 0.108. The summed E-state index contributed by atoms with van der Waals surface area (Å²) in [6.45, 7) is 5.88. The molecular formula is C31H52O5. The summed E-state index contributed by atoms with van der Waals surface area (Å²) in [4.78, 5) is 25.7. The number of unbranched alkanes of at least 4 members (excludes halogenated alkanes) is 16. The van der Waals surface area contributed by atoms with Gasteiger partial charge in [-0.1, -0.05) is 117 Å². The largest absolute Gasteiger partial charge is 0.507 e. The first-order chi connectivity index (χ1) is 17.4. The number of carbonyl (C=O) groups excluding carboxylic acids is 2. The number of aromatic hydroxyl groups is 3. The highest BCUT2D eigenvalue weighted by molar-refractivity contribution is 6.09. The van der Waals surface area contributed by atoms with Gasteiger partial charge in [-0.3, -0.25) is 9.59 Å². The molecule has 5 nitrogen and oxygen atoms in total. The van der Waals surface area contributed by atoms with Crippen LogP contribution in [0.4, 0.5) is 0 Å². The Morgan fingerprint density at radius 1 is 0.472 bits per heavy atom. The summed E-state index contributed by atoms with van der Waals surface area (Å²) in [5.74, 6) is -2.19. The number of phenols is 3. The molecule has 206 valence electrons. The Hall–Kier alpha value is -2.04. The molecule has 1 aromatic carbocycles. The predicted octanol–water partition coefficient (Wildman–Crippen LogP) is 9.32. The van der Waals surface area contributed by atoms with Crippen LogP contribution in [0, 0.1) is 6.92 Å². The van der Waals surface area contributed by atoms with E-state index in [0.717, 1.165) is 38.5 Å². The second-order valence-electron chi connectivity index (χ2n) is 10.4. The van der Waals surface area contributed by atoms with Gasteiger partial charge in [0.05, 0.1) is 0 Å². The molecule has 0 aliphatic carbocycles. The molecule has 1 aromatic rings. The van der Waals surface area contributed by atoms with Crippen molar-refractivity contribution < 1.29 is 24.9 Å². The van der Waals surface area contributed by atoms with Gasteiger partial charge < -0.3 is 15.3 Å². The van der Waals surface area contributed by atoms with Crippen molar-refractivity contribution >= 4 is 11.6 Å². The lowest BCUT2D eigenvalue weighted by atomic mass is 9.92. The van der Waals surface area contributed by atoms with E-state index in [1.165, 1.54) is 71.1 Å². The maximum Gasteiger partial charge on any atom is 0.170 e. The number of rotatable bonds is 22. The monoisotopic (exact) mass is 504 g/mol. The van der Waals surface area contributed by atoms with E-state index in [1.54, 1.807) is 0 Å². The highest BCUT2D eigenvalue weighted by Gasteiger charge is 2.28. The molecule has 0 aliphatic heterocycles. The number of carbonyl (C=O) groups is 2. The molecule has 1 rings (SSSR count). The number of benzene rings is 1. The standard InChI is InChI=1S/C31H52O5/c1-4-6-8-10-12-14-16-18-20-22-25(32)27-29(34)24(3)30(35)28(31(27)36)26(33)23-21-19-17-15-13-11-9-7-5-2/h34-36H,4-23H2,1-3H3. The van der Waals surface area contributed by atoms with Crippen LogP contribution < -0.4 is 0 Å². The van der Waals surface area contributed by atoms with Crippen LogP contribution in [-0.4, -0.2) is 26.9 Å². The molecule has 0 heterocycles. The summed E-state index contributed by atoms with van der Waals surface area (Å²) in [7, 11) is 0. The zero-order valence-corrected chi connectivity index (χ0v) is 23.3. The third-order valence-corrected chi connectivity index (χ3v) is 7.23. The fraction of sp³-hybridized carbons (Fsp3) is 0.742. The van der Waals surface area contributed by atoms with Crippen molar-refractivity contribution in [3.63, 3.8) is 0 Å². The first kappa shape index (κ1) is 32.0. The Bertz CT molecular complexity index is 723. The average Bonchev–Trinajstić information content (AvgIpc) is 2.85. The molecule has 3 N–H and O–H groups in total. The van der Waals surface area contributed by atoms with E-state index < -0.39 is 17.2 Å². The second kappa shape index (κ2) is 19.1. The lowest BCUT2D eigenvalue weighted by molar-refractivity contribution is 0.0971. The van der Waals surface area contributed by atoms with Gasteiger partial charge in [0.2, 0.25) is 0 Å². The number of hydrogen-bond donors (Lipinski definition) is 3. The Kier molecular flexibility index (Phi) is 17.0. The van der Waals surface area contributed by atoms with Crippen molar-refractivity contribution in [3.8, 4) is 17.2 Å². The van der Waals surface area contributed by atoms with Gasteiger partial charge in [-0.25, -0.2) is 0 Å². The number of Topliss-reactive ketones (excluding diaryl/α,β-unsaturated/α-hetero) is 2. The summed E-state index contributed by atoms with van der Waals surface area (Å²) in [6.07, 6.45) is 20.6. The molecular weight excluding hydrogens is 452 g/mol. The summed E-state index contributed by atoms with van der Waals surface area (Å²) in [6, 6.07) is 0. The lowest BCUT2D eigenvalue weighted by Gasteiger charge is -2.15. The van der Waals surface area contributed by atoms with Gasteiger partial charge in [-0.15, -0.1) is 0 Å². The lowest BCUT2D eigenvalue weighted by Crippen LogP contribution is -2.08. The van der Waals surface area contributed by atoms with Gasteiger partial charge in [-0.05, 0) is 19.8 Å².